The minimum atomic E-state index is -0.503. The van der Waals surface area contributed by atoms with E-state index in [1.165, 1.54) is 25.3 Å². The second-order valence-corrected chi connectivity index (χ2v) is 7.30. The van der Waals surface area contributed by atoms with Crippen molar-refractivity contribution in [3.8, 4) is 0 Å². The molecular formula is C20H24N4O4S. The van der Waals surface area contributed by atoms with Crippen molar-refractivity contribution >= 4 is 35.0 Å². The summed E-state index contributed by atoms with van der Waals surface area (Å²) in [5.41, 5.74) is 3.35. The van der Waals surface area contributed by atoms with E-state index in [1.807, 2.05) is 12.1 Å². The Hall–Kier alpha value is -2.94. The quantitative estimate of drug-likeness (QED) is 0.523. The highest BCUT2D eigenvalue weighted by molar-refractivity contribution is 7.80. The monoisotopic (exact) mass is 416 g/mol. The van der Waals surface area contributed by atoms with Gasteiger partial charge < -0.3 is 20.1 Å². The van der Waals surface area contributed by atoms with Crippen LogP contribution in [0.15, 0.2) is 36.7 Å². The molecule has 0 spiro atoms. The van der Waals surface area contributed by atoms with Gasteiger partial charge in [0.05, 0.1) is 45.0 Å². The molecule has 1 aliphatic carbocycles. The summed E-state index contributed by atoms with van der Waals surface area (Å²) in [7, 11) is 2.61. The molecule has 2 aromatic rings. The van der Waals surface area contributed by atoms with Crippen molar-refractivity contribution in [3.05, 3.63) is 47.8 Å². The standard InChI is InChI=1S/C20H24N4O4S/c1-27-18(25)9-17(10-19(26)28-2)24-12-16(11-21-24)23-20(29)22-15-7-13-5-3-4-6-14(13)8-15/h3-6,11-12,15,17H,7-10H2,1-2H3,(H2,22,23,29). The van der Waals surface area contributed by atoms with Crippen molar-refractivity contribution in [1.29, 1.82) is 0 Å². The molecule has 2 N–H and O–H groups in total. The van der Waals surface area contributed by atoms with Gasteiger partial charge in [-0.3, -0.25) is 14.3 Å². The molecule has 1 aromatic carbocycles. The second kappa shape index (κ2) is 9.51. The average Bonchev–Trinajstić information content (AvgIpc) is 3.33. The maximum absolute atomic E-state index is 11.7. The lowest BCUT2D eigenvalue weighted by molar-refractivity contribution is -0.144. The van der Waals surface area contributed by atoms with Gasteiger partial charge in [-0.2, -0.15) is 5.10 Å². The summed E-state index contributed by atoms with van der Waals surface area (Å²) in [5.74, 6) is -0.858. The zero-order valence-electron chi connectivity index (χ0n) is 16.4. The number of esters is 2. The zero-order chi connectivity index (χ0) is 20.8. The lowest BCUT2D eigenvalue weighted by Gasteiger charge is -2.16. The fourth-order valence-electron chi connectivity index (χ4n) is 3.43. The fourth-order valence-corrected chi connectivity index (χ4v) is 3.71. The number of carbonyl (C=O) groups excluding carboxylic acids is 2. The normalized spacial score (nSPS) is 13.1. The summed E-state index contributed by atoms with van der Waals surface area (Å²) in [5, 5.41) is 11.2. The molecule has 0 unspecified atom stereocenters. The van der Waals surface area contributed by atoms with E-state index >= 15 is 0 Å². The number of fused-ring (bicyclic) bond motifs is 1. The molecule has 0 radical (unpaired) electrons. The van der Waals surface area contributed by atoms with Crippen LogP contribution < -0.4 is 10.6 Å². The van der Waals surface area contributed by atoms with E-state index in [0.717, 1.165) is 12.8 Å². The van der Waals surface area contributed by atoms with E-state index in [0.29, 0.717) is 10.8 Å². The lowest BCUT2D eigenvalue weighted by atomic mass is 10.1. The van der Waals surface area contributed by atoms with Crippen molar-refractivity contribution in [2.24, 2.45) is 0 Å². The van der Waals surface area contributed by atoms with Crippen LogP contribution in [0.5, 0.6) is 0 Å². The van der Waals surface area contributed by atoms with Crippen molar-refractivity contribution in [3.63, 3.8) is 0 Å². The summed E-state index contributed by atoms with van der Waals surface area (Å²) in [4.78, 5) is 23.3. The second-order valence-electron chi connectivity index (χ2n) is 6.90. The zero-order valence-corrected chi connectivity index (χ0v) is 17.2. The number of aromatic nitrogens is 2. The molecule has 8 nitrogen and oxygen atoms in total. The fraction of sp³-hybridized carbons (Fsp3) is 0.400. The van der Waals surface area contributed by atoms with Crippen LogP contribution in [-0.2, 0) is 31.9 Å². The molecule has 0 atom stereocenters. The highest BCUT2D eigenvalue weighted by Gasteiger charge is 2.23. The Labute approximate surface area is 174 Å². The van der Waals surface area contributed by atoms with Gasteiger partial charge in [0.25, 0.3) is 0 Å². The topological polar surface area (TPSA) is 94.5 Å². The van der Waals surface area contributed by atoms with Crippen molar-refractivity contribution < 1.29 is 19.1 Å². The largest absolute Gasteiger partial charge is 0.469 e. The maximum atomic E-state index is 11.7. The van der Waals surface area contributed by atoms with Crippen molar-refractivity contribution in [2.75, 3.05) is 19.5 Å². The van der Waals surface area contributed by atoms with Gasteiger partial charge in [-0.1, -0.05) is 24.3 Å². The van der Waals surface area contributed by atoms with Gasteiger partial charge in [0.1, 0.15) is 0 Å². The Morgan fingerprint density at radius 2 is 1.76 bits per heavy atom. The first-order valence-electron chi connectivity index (χ1n) is 9.30. The SMILES string of the molecule is COC(=O)CC(CC(=O)OC)n1cc(NC(=S)NC2Cc3ccccc3C2)cn1. The Morgan fingerprint density at radius 3 is 2.31 bits per heavy atom. The molecule has 9 heteroatoms. The molecule has 0 bridgehead atoms. The van der Waals surface area contributed by atoms with Gasteiger partial charge in [0.15, 0.2) is 5.11 Å². The average molecular weight is 417 g/mol. The van der Waals surface area contributed by atoms with E-state index in [2.05, 4.69) is 27.9 Å². The van der Waals surface area contributed by atoms with Crippen LogP contribution in [0.4, 0.5) is 5.69 Å². The summed E-state index contributed by atoms with van der Waals surface area (Å²) in [6.45, 7) is 0. The van der Waals surface area contributed by atoms with Gasteiger partial charge >= 0.3 is 11.9 Å². The molecule has 1 aliphatic rings. The molecule has 0 fully saturated rings. The van der Waals surface area contributed by atoms with Gasteiger partial charge in [0.2, 0.25) is 0 Å². The molecular weight excluding hydrogens is 392 g/mol. The number of nitrogens with zero attached hydrogens (tertiary/aromatic N) is 2. The van der Waals surface area contributed by atoms with Crippen LogP contribution in [0.3, 0.4) is 0 Å². The Balaban J connectivity index is 1.58. The number of benzene rings is 1. The van der Waals surface area contributed by atoms with Gasteiger partial charge in [-0.15, -0.1) is 0 Å². The van der Waals surface area contributed by atoms with Crippen LogP contribution >= 0.6 is 12.2 Å². The van der Waals surface area contributed by atoms with E-state index in [4.69, 9.17) is 21.7 Å². The first-order valence-corrected chi connectivity index (χ1v) is 9.71. The molecule has 1 heterocycles. The Bertz CT molecular complexity index is 855. The van der Waals surface area contributed by atoms with Crippen LogP contribution in [0.2, 0.25) is 0 Å². The molecule has 3 rings (SSSR count). The third-order valence-corrected chi connectivity index (χ3v) is 5.10. The minimum absolute atomic E-state index is 0.00967. The number of hydrogen-bond donors (Lipinski definition) is 2. The predicted octanol–water partition coefficient (Wildman–Crippen LogP) is 2.00. The van der Waals surface area contributed by atoms with Crippen LogP contribution in [0.25, 0.3) is 0 Å². The first kappa shape index (κ1) is 20.8. The van der Waals surface area contributed by atoms with E-state index in [9.17, 15) is 9.59 Å². The van der Waals surface area contributed by atoms with E-state index in [1.54, 1.807) is 17.1 Å². The molecule has 0 amide bonds. The minimum Gasteiger partial charge on any atom is -0.469 e. The lowest BCUT2D eigenvalue weighted by Crippen LogP contribution is -2.38. The van der Waals surface area contributed by atoms with Crippen LogP contribution in [0.1, 0.15) is 30.0 Å². The third-order valence-electron chi connectivity index (χ3n) is 4.88. The number of hydrogen-bond acceptors (Lipinski definition) is 6. The van der Waals surface area contributed by atoms with E-state index in [-0.39, 0.29) is 18.9 Å². The number of thiocarbonyl (C=S) groups is 1. The maximum Gasteiger partial charge on any atom is 0.307 e. The molecule has 154 valence electrons. The van der Waals surface area contributed by atoms with Crippen molar-refractivity contribution in [2.45, 2.75) is 37.8 Å². The number of methoxy groups -OCH3 is 2. The highest BCUT2D eigenvalue weighted by Crippen LogP contribution is 2.22. The van der Waals surface area contributed by atoms with Gasteiger partial charge in [-0.05, 0) is 36.2 Å². The number of nitrogens with one attached hydrogen (secondary N) is 2. The highest BCUT2D eigenvalue weighted by atomic mass is 32.1. The van der Waals surface area contributed by atoms with Crippen molar-refractivity contribution in [1.82, 2.24) is 15.1 Å². The molecule has 29 heavy (non-hydrogen) atoms. The number of carbonyl (C=O) groups is 2. The predicted molar refractivity (Wildman–Crippen MR) is 112 cm³/mol. The molecule has 0 saturated carbocycles. The van der Waals surface area contributed by atoms with Gasteiger partial charge in [-0.25, -0.2) is 0 Å². The summed E-state index contributed by atoms with van der Waals surface area (Å²) in [6, 6.07) is 8.11. The Kier molecular flexibility index (Phi) is 6.82. The number of rotatable bonds is 7. The smallest absolute Gasteiger partial charge is 0.307 e. The van der Waals surface area contributed by atoms with Crippen LogP contribution in [-0.4, -0.2) is 47.1 Å². The van der Waals surface area contributed by atoms with Gasteiger partial charge in [0, 0.05) is 12.2 Å². The Morgan fingerprint density at radius 1 is 1.17 bits per heavy atom. The third kappa shape index (κ3) is 5.54. The first-order chi connectivity index (χ1) is 14.0. The molecule has 0 saturated heterocycles. The number of anilines is 1. The summed E-state index contributed by atoms with van der Waals surface area (Å²) >= 11 is 5.43. The molecule has 1 aromatic heterocycles. The summed E-state index contributed by atoms with van der Waals surface area (Å²) in [6.07, 6.45) is 5.17. The van der Waals surface area contributed by atoms with Crippen LogP contribution in [0, 0.1) is 0 Å². The van der Waals surface area contributed by atoms with E-state index < -0.39 is 18.0 Å². The molecule has 0 aliphatic heterocycles. The summed E-state index contributed by atoms with van der Waals surface area (Å²) < 4.78 is 11.0. The number of ether oxygens (including phenoxy) is 2.